The number of para-hydroxylation sites is 1. The van der Waals surface area contributed by atoms with Gasteiger partial charge in [-0.15, -0.1) is 0 Å². The summed E-state index contributed by atoms with van der Waals surface area (Å²) in [5.41, 5.74) is 7.82. The Morgan fingerprint density at radius 3 is 2.44 bits per heavy atom. The van der Waals surface area contributed by atoms with E-state index in [9.17, 15) is 0 Å². The maximum atomic E-state index is 4.50. The molecular formula is C15H27N3. The van der Waals surface area contributed by atoms with E-state index in [1.165, 1.54) is 37.9 Å². The van der Waals surface area contributed by atoms with Gasteiger partial charge in [0, 0.05) is 30.7 Å². The molecule has 3 N–H and O–H groups in total. The van der Waals surface area contributed by atoms with Crippen molar-refractivity contribution in [3.8, 4) is 0 Å². The van der Waals surface area contributed by atoms with Crippen LogP contribution in [0.25, 0.3) is 0 Å². The lowest BCUT2D eigenvalue weighted by atomic mass is 9.75. The zero-order valence-corrected chi connectivity index (χ0v) is 12.2. The molecule has 1 aromatic carbocycles. The fraction of sp³-hybridized carbons (Fsp3) is 0.600. The van der Waals surface area contributed by atoms with E-state index < -0.39 is 0 Å². The van der Waals surface area contributed by atoms with Crippen LogP contribution < -0.4 is 11.1 Å². The third kappa shape index (κ3) is 2.52. The summed E-state index contributed by atoms with van der Waals surface area (Å²) < 4.78 is 0. The second-order valence-electron chi connectivity index (χ2n) is 4.48. The van der Waals surface area contributed by atoms with Gasteiger partial charge in [0.15, 0.2) is 0 Å². The van der Waals surface area contributed by atoms with Crippen molar-refractivity contribution in [2.75, 3.05) is 38.5 Å². The van der Waals surface area contributed by atoms with Crippen LogP contribution in [-0.2, 0) is 5.41 Å². The van der Waals surface area contributed by atoms with E-state index in [0.29, 0.717) is 5.41 Å². The van der Waals surface area contributed by atoms with Crippen molar-refractivity contribution in [1.82, 2.24) is 4.90 Å². The topological polar surface area (TPSA) is 41.3 Å². The molecule has 1 saturated heterocycles. The lowest BCUT2D eigenvalue weighted by molar-refractivity contribution is 0.0851. The van der Waals surface area contributed by atoms with Gasteiger partial charge in [0.05, 0.1) is 0 Å². The van der Waals surface area contributed by atoms with Crippen molar-refractivity contribution in [2.24, 2.45) is 5.73 Å². The van der Waals surface area contributed by atoms with E-state index in [2.05, 4.69) is 47.1 Å². The highest BCUT2D eigenvalue weighted by Gasteiger charge is 2.47. The minimum Gasteiger partial charge on any atom is -0.384 e. The highest BCUT2D eigenvalue weighted by Crippen LogP contribution is 2.42. The number of nitrogens with one attached hydrogen (secondary N) is 1. The maximum absolute atomic E-state index is 4.50. The molecule has 0 aromatic heterocycles. The fourth-order valence-corrected chi connectivity index (χ4v) is 2.77. The monoisotopic (exact) mass is 249 g/mol. The van der Waals surface area contributed by atoms with Gasteiger partial charge in [-0.2, -0.15) is 0 Å². The highest BCUT2D eigenvalue weighted by molar-refractivity contribution is 5.61. The molecule has 2 heterocycles. The van der Waals surface area contributed by atoms with Crippen LogP contribution in [0.5, 0.6) is 0 Å². The summed E-state index contributed by atoms with van der Waals surface area (Å²) in [5, 5.41) is 3.51. The average Bonchev–Trinajstić information content (AvgIpc) is 2.81. The number of anilines is 1. The van der Waals surface area contributed by atoms with Crippen LogP contribution >= 0.6 is 0 Å². The Balaban J connectivity index is 0.000000371. The molecule has 1 fully saturated rings. The number of rotatable bonds is 1. The van der Waals surface area contributed by atoms with Gasteiger partial charge in [-0.05, 0) is 25.2 Å². The van der Waals surface area contributed by atoms with Crippen LogP contribution in [0.4, 0.5) is 5.69 Å². The summed E-state index contributed by atoms with van der Waals surface area (Å²) >= 11 is 0. The third-order valence-electron chi connectivity index (χ3n) is 3.62. The molecule has 3 rings (SSSR count). The van der Waals surface area contributed by atoms with Gasteiger partial charge in [0.2, 0.25) is 0 Å². The Bertz CT molecular complexity index is 357. The third-order valence-corrected chi connectivity index (χ3v) is 3.62. The van der Waals surface area contributed by atoms with E-state index in [4.69, 9.17) is 0 Å². The fourth-order valence-electron chi connectivity index (χ4n) is 2.77. The minimum absolute atomic E-state index is 0.437. The number of likely N-dealkylation sites (tertiary alicyclic amines) is 1. The Morgan fingerprint density at radius 1 is 1.22 bits per heavy atom. The standard InChI is InChI=1S/C12H16N2.C2H6.CH5N/c1-2-14-8-12(9-14)7-13-11-6-4-3-5-10(11)12;2*1-2/h3-6,13H,2,7-9H2,1H3;1-2H3;2H2,1H3. The Labute approximate surface area is 111 Å². The maximum Gasteiger partial charge on any atom is 0.0400 e. The molecule has 0 saturated carbocycles. The average molecular weight is 249 g/mol. The van der Waals surface area contributed by atoms with E-state index >= 15 is 0 Å². The van der Waals surface area contributed by atoms with Crippen LogP contribution in [0.1, 0.15) is 26.3 Å². The molecular weight excluding hydrogens is 222 g/mol. The van der Waals surface area contributed by atoms with Crippen molar-refractivity contribution in [2.45, 2.75) is 26.2 Å². The molecule has 102 valence electrons. The van der Waals surface area contributed by atoms with E-state index in [0.717, 1.165) is 6.54 Å². The predicted octanol–water partition coefficient (Wildman–Crippen LogP) is 2.29. The number of benzene rings is 1. The molecule has 0 unspecified atom stereocenters. The zero-order chi connectivity index (χ0) is 13.6. The molecule has 1 aromatic rings. The molecule has 2 aliphatic rings. The van der Waals surface area contributed by atoms with Gasteiger partial charge in [0.1, 0.15) is 0 Å². The second kappa shape index (κ2) is 6.76. The van der Waals surface area contributed by atoms with Crippen LogP contribution in [0, 0.1) is 0 Å². The molecule has 2 aliphatic heterocycles. The molecule has 0 atom stereocenters. The highest BCUT2D eigenvalue weighted by atomic mass is 15.2. The van der Waals surface area contributed by atoms with Crippen LogP contribution in [-0.4, -0.2) is 38.1 Å². The van der Waals surface area contributed by atoms with Crippen molar-refractivity contribution in [3.05, 3.63) is 29.8 Å². The van der Waals surface area contributed by atoms with Crippen molar-refractivity contribution in [1.29, 1.82) is 0 Å². The van der Waals surface area contributed by atoms with Gasteiger partial charge in [-0.1, -0.05) is 39.0 Å². The first kappa shape index (κ1) is 15.0. The van der Waals surface area contributed by atoms with Gasteiger partial charge in [-0.3, -0.25) is 0 Å². The van der Waals surface area contributed by atoms with E-state index in [1.54, 1.807) is 0 Å². The van der Waals surface area contributed by atoms with Gasteiger partial charge < -0.3 is 16.0 Å². The second-order valence-corrected chi connectivity index (χ2v) is 4.48. The molecule has 0 bridgehead atoms. The number of fused-ring (bicyclic) bond motifs is 2. The molecule has 0 aliphatic carbocycles. The first-order valence-electron chi connectivity index (χ1n) is 6.97. The largest absolute Gasteiger partial charge is 0.384 e. The zero-order valence-electron chi connectivity index (χ0n) is 12.2. The normalized spacial score (nSPS) is 18.5. The van der Waals surface area contributed by atoms with Gasteiger partial charge in [0.25, 0.3) is 0 Å². The lowest BCUT2D eigenvalue weighted by Crippen LogP contribution is -2.60. The van der Waals surface area contributed by atoms with Gasteiger partial charge in [-0.25, -0.2) is 0 Å². The quantitative estimate of drug-likeness (QED) is 0.802. The van der Waals surface area contributed by atoms with Crippen LogP contribution in [0.2, 0.25) is 0 Å². The number of nitrogens with two attached hydrogens (primary N) is 1. The number of likely N-dealkylation sites (N-methyl/N-ethyl adjacent to an activating group) is 1. The van der Waals surface area contributed by atoms with Crippen molar-refractivity contribution >= 4 is 5.69 Å². The predicted molar refractivity (Wildman–Crippen MR) is 80.2 cm³/mol. The first-order valence-corrected chi connectivity index (χ1v) is 6.97. The Hall–Kier alpha value is -1.06. The minimum atomic E-state index is 0.437. The Kier molecular flexibility index (Phi) is 5.63. The van der Waals surface area contributed by atoms with Crippen LogP contribution in [0.3, 0.4) is 0 Å². The van der Waals surface area contributed by atoms with Crippen molar-refractivity contribution < 1.29 is 0 Å². The van der Waals surface area contributed by atoms with E-state index in [-0.39, 0.29) is 0 Å². The SMILES string of the molecule is CC.CCN1CC2(CNc3ccccc32)C1.CN. The van der Waals surface area contributed by atoms with Crippen LogP contribution in [0.15, 0.2) is 24.3 Å². The number of hydrogen-bond donors (Lipinski definition) is 2. The summed E-state index contributed by atoms with van der Waals surface area (Å²) in [5.74, 6) is 0. The number of hydrogen-bond acceptors (Lipinski definition) is 3. The summed E-state index contributed by atoms with van der Waals surface area (Å²) in [6, 6.07) is 8.74. The molecule has 3 heteroatoms. The lowest BCUT2D eigenvalue weighted by Gasteiger charge is -2.47. The summed E-state index contributed by atoms with van der Waals surface area (Å²) in [4.78, 5) is 2.50. The molecule has 0 radical (unpaired) electrons. The summed E-state index contributed by atoms with van der Waals surface area (Å²) in [6.07, 6.45) is 0. The molecule has 0 amide bonds. The van der Waals surface area contributed by atoms with Gasteiger partial charge >= 0.3 is 0 Å². The molecule has 3 nitrogen and oxygen atoms in total. The Morgan fingerprint density at radius 2 is 1.83 bits per heavy atom. The van der Waals surface area contributed by atoms with Crippen molar-refractivity contribution in [3.63, 3.8) is 0 Å². The summed E-state index contributed by atoms with van der Waals surface area (Å²) in [7, 11) is 1.50. The molecule has 18 heavy (non-hydrogen) atoms. The number of nitrogens with zero attached hydrogens (tertiary/aromatic N) is 1. The van der Waals surface area contributed by atoms with E-state index in [1.807, 2.05) is 13.8 Å². The first-order chi connectivity index (χ1) is 8.84. The smallest absolute Gasteiger partial charge is 0.0400 e. The molecule has 1 spiro atoms. The summed E-state index contributed by atoms with van der Waals surface area (Å²) in [6.45, 7) is 11.0.